The SMILES string of the molecule is C[C@@H](Sc1nn(-c2ccccc2)c(=S)s1)C(=O)N(C)Cc1ccccc1. The molecule has 1 aromatic heterocycles. The van der Waals surface area contributed by atoms with Crippen LogP contribution in [0, 0.1) is 3.95 Å². The van der Waals surface area contributed by atoms with Crippen LogP contribution in [0.15, 0.2) is 65.0 Å². The zero-order valence-electron chi connectivity index (χ0n) is 14.5. The smallest absolute Gasteiger partial charge is 0.235 e. The lowest BCUT2D eigenvalue weighted by Crippen LogP contribution is -2.32. The van der Waals surface area contributed by atoms with Crippen LogP contribution in [0.5, 0.6) is 0 Å². The summed E-state index contributed by atoms with van der Waals surface area (Å²) in [5, 5.41) is 4.34. The maximum atomic E-state index is 12.7. The minimum absolute atomic E-state index is 0.0752. The van der Waals surface area contributed by atoms with E-state index in [0.29, 0.717) is 10.5 Å². The summed E-state index contributed by atoms with van der Waals surface area (Å²) in [7, 11) is 1.83. The van der Waals surface area contributed by atoms with Crippen molar-refractivity contribution in [2.75, 3.05) is 7.05 Å². The van der Waals surface area contributed by atoms with E-state index in [9.17, 15) is 4.79 Å². The first-order valence-corrected chi connectivity index (χ1v) is 10.3. The number of rotatable bonds is 6. The van der Waals surface area contributed by atoms with Crippen LogP contribution in [0.1, 0.15) is 12.5 Å². The average Bonchev–Trinajstić information content (AvgIpc) is 3.02. The summed E-state index contributed by atoms with van der Waals surface area (Å²) in [6, 6.07) is 19.8. The molecule has 134 valence electrons. The Hall–Kier alpha value is -1.96. The molecule has 0 aliphatic heterocycles. The Labute approximate surface area is 166 Å². The molecule has 0 saturated heterocycles. The third-order valence-electron chi connectivity index (χ3n) is 3.79. The van der Waals surface area contributed by atoms with Gasteiger partial charge in [0.05, 0.1) is 10.9 Å². The normalized spacial score (nSPS) is 11.9. The van der Waals surface area contributed by atoms with E-state index in [-0.39, 0.29) is 11.2 Å². The van der Waals surface area contributed by atoms with Gasteiger partial charge in [-0.3, -0.25) is 4.79 Å². The summed E-state index contributed by atoms with van der Waals surface area (Å²) in [5.74, 6) is 0.0752. The number of carbonyl (C=O) groups excluding carboxylic acids is 1. The summed E-state index contributed by atoms with van der Waals surface area (Å²) in [5.41, 5.74) is 2.05. The molecule has 4 nitrogen and oxygen atoms in total. The summed E-state index contributed by atoms with van der Waals surface area (Å²) in [6.45, 7) is 2.50. The molecule has 0 aliphatic rings. The van der Waals surface area contributed by atoms with E-state index in [0.717, 1.165) is 15.6 Å². The number of carbonyl (C=O) groups is 1. The first kappa shape index (κ1) is 18.8. The Morgan fingerprint density at radius 2 is 1.81 bits per heavy atom. The number of thioether (sulfide) groups is 1. The van der Waals surface area contributed by atoms with Gasteiger partial charge >= 0.3 is 0 Å². The highest BCUT2D eigenvalue weighted by atomic mass is 32.2. The number of aromatic nitrogens is 2. The van der Waals surface area contributed by atoms with Crippen molar-refractivity contribution < 1.29 is 4.79 Å². The maximum absolute atomic E-state index is 12.7. The molecular weight excluding hydrogens is 382 g/mol. The van der Waals surface area contributed by atoms with Crippen molar-refractivity contribution >= 4 is 41.2 Å². The maximum Gasteiger partial charge on any atom is 0.235 e. The standard InChI is InChI=1S/C19H19N3OS3/c1-14(17(23)21(2)13-15-9-5-3-6-10-15)25-18-20-22(19(24)26-18)16-11-7-4-8-12-16/h3-12,14H,13H2,1-2H3/t14-/m1/s1. The average molecular weight is 402 g/mol. The molecule has 0 N–H and O–H groups in total. The predicted octanol–water partition coefficient (Wildman–Crippen LogP) is 4.80. The molecule has 1 amide bonds. The van der Waals surface area contributed by atoms with Crippen LogP contribution in [-0.2, 0) is 11.3 Å². The zero-order valence-corrected chi connectivity index (χ0v) is 17.0. The predicted molar refractivity (Wildman–Crippen MR) is 111 cm³/mol. The molecule has 0 radical (unpaired) electrons. The molecule has 26 heavy (non-hydrogen) atoms. The third kappa shape index (κ3) is 4.60. The van der Waals surface area contributed by atoms with Crippen LogP contribution in [-0.4, -0.2) is 32.9 Å². The Kier molecular flexibility index (Phi) is 6.24. The number of hydrogen-bond donors (Lipinski definition) is 0. The molecule has 7 heteroatoms. The molecule has 0 aliphatic carbocycles. The van der Waals surface area contributed by atoms with Crippen molar-refractivity contribution in [3.8, 4) is 5.69 Å². The van der Waals surface area contributed by atoms with Gasteiger partial charge in [0.15, 0.2) is 8.29 Å². The van der Waals surface area contributed by atoms with Gasteiger partial charge in [0.2, 0.25) is 5.91 Å². The molecule has 0 spiro atoms. The van der Waals surface area contributed by atoms with Crippen LogP contribution in [0.3, 0.4) is 0 Å². The van der Waals surface area contributed by atoms with Crippen LogP contribution in [0.25, 0.3) is 5.69 Å². The molecule has 3 aromatic rings. The van der Waals surface area contributed by atoms with Gasteiger partial charge in [-0.15, -0.1) is 5.10 Å². The molecule has 0 bridgehead atoms. The first-order valence-electron chi connectivity index (χ1n) is 8.16. The monoisotopic (exact) mass is 401 g/mol. The van der Waals surface area contributed by atoms with Gasteiger partial charge < -0.3 is 4.90 Å². The van der Waals surface area contributed by atoms with Crippen molar-refractivity contribution in [1.29, 1.82) is 0 Å². The van der Waals surface area contributed by atoms with Gasteiger partial charge in [0.1, 0.15) is 0 Å². The van der Waals surface area contributed by atoms with Crippen LogP contribution in [0.4, 0.5) is 0 Å². The molecule has 1 atom stereocenters. The van der Waals surface area contributed by atoms with Gasteiger partial charge in [0.25, 0.3) is 0 Å². The first-order chi connectivity index (χ1) is 12.5. The molecule has 0 unspecified atom stereocenters. The fourth-order valence-electron chi connectivity index (χ4n) is 2.49. The van der Waals surface area contributed by atoms with E-state index in [1.54, 1.807) is 9.58 Å². The van der Waals surface area contributed by atoms with Crippen molar-refractivity contribution in [1.82, 2.24) is 14.7 Å². The summed E-state index contributed by atoms with van der Waals surface area (Å²) in [6.07, 6.45) is 0. The van der Waals surface area contributed by atoms with E-state index < -0.39 is 0 Å². The number of nitrogens with zero attached hydrogens (tertiary/aromatic N) is 3. The van der Waals surface area contributed by atoms with Crippen LogP contribution < -0.4 is 0 Å². The number of amides is 1. The van der Waals surface area contributed by atoms with E-state index in [1.807, 2.05) is 74.6 Å². The minimum atomic E-state index is -0.228. The Morgan fingerprint density at radius 3 is 2.46 bits per heavy atom. The number of hydrogen-bond acceptors (Lipinski definition) is 5. The lowest BCUT2D eigenvalue weighted by molar-refractivity contribution is -0.129. The number of benzene rings is 2. The third-order valence-corrected chi connectivity index (χ3v) is 6.20. The number of para-hydroxylation sites is 1. The second-order valence-corrected chi connectivity index (χ2v) is 9.03. The van der Waals surface area contributed by atoms with Crippen molar-refractivity contribution in [2.45, 2.75) is 23.1 Å². The second-order valence-electron chi connectivity index (χ2n) is 5.82. The van der Waals surface area contributed by atoms with Crippen molar-refractivity contribution in [2.24, 2.45) is 0 Å². The van der Waals surface area contributed by atoms with E-state index >= 15 is 0 Å². The van der Waals surface area contributed by atoms with Gasteiger partial charge in [-0.25, -0.2) is 4.68 Å². The lowest BCUT2D eigenvalue weighted by Gasteiger charge is -2.20. The highest BCUT2D eigenvalue weighted by Gasteiger charge is 2.21. The fourth-order valence-corrected chi connectivity index (χ4v) is 5.11. The summed E-state index contributed by atoms with van der Waals surface area (Å²) >= 11 is 8.30. The quantitative estimate of drug-likeness (QED) is 0.439. The summed E-state index contributed by atoms with van der Waals surface area (Å²) < 4.78 is 3.22. The highest BCUT2D eigenvalue weighted by Crippen LogP contribution is 2.28. The molecule has 3 rings (SSSR count). The van der Waals surface area contributed by atoms with E-state index in [2.05, 4.69) is 5.10 Å². The summed E-state index contributed by atoms with van der Waals surface area (Å²) in [4.78, 5) is 14.4. The second kappa shape index (κ2) is 8.62. The van der Waals surface area contributed by atoms with E-state index in [1.165, 1.54) is 23.1 Å². The van der Waals surface area contributed by atoms with E-state index in [4.69, 9.17) is 12.2 Å². The molecular formula is C19H19N3OS3. The topological polar surface area (TPSA) is 38.1 Å². The Balaban J connectivity index is 1.67. The highest BCUT2D eigenvalue weighted by molar-refractivity contribution is 8.02. The lowest BCUT2D eigenvalue weighted by atomic mass is 10.2. The van der Waals surface area contributed by atoms with Gasteiger partial charge in [-0.1, -0.05) is 71.6 Å². The van der Waals surface area contributed by atoms with Gasteiger partial charge in [-0.05, 0) is 36.8 Å². The van der Waals surface area contributed by atoms with Gasteiger partial charge in [-0.2, -0.15) is 0 Å². The van der Waals surface area contributed by atoms with Gasteiger partial charge in [0, 0.05) is 13.6 Å². The zero-order chi connectivity index (χ0) is 18.5. The van der Waals surface area contributed by atoms with Crippen LogP contribution >= 0.6 is 35.3 Å². The molecule has 0 saturated carbocycles. The largest absolute Gasteiger partial charge is 0.340 e. The Bertz CT molecular complexity index is 922. The van der Waals surface area contributed by atoms with Crippen molar-refractivity contribution in [3.63, 3.8) is 0 Å². The molecule has 2 aromatic carbocycles. The van der Waals surface area contributed by atoms with Crippen molar-refractivity contribution in [3.05, 3.63) is 70.2 Å². The fraction of sp³-hybridized carbons (Fsp3) is 0.211. The molecule has 1 heterocycles. The minimum Gasteiger partial charge on any atom is -0.340 e. The van der Waals surface area contributed by atoms with Crippen LogP contribution in [0.2, 0.25) is 0 Å². The Morgan fingerprint density at radius 1 is 1.19 bits per heavy atom. The molecule has 0 fully saturated rings.